The topological polar surface area (TPSA) is 80.1 Å². The molecule has 0 fully saturated rings. The molecule has 0 aliphatic heterocycles. The summed E-state index contributed by atoms with van der Waals surface area (Å²) in [6.45, 7) is 3.85. The van der Waals surface area contributed by atoms with Gasteiger partial charge in [-0.1, -0.05) is 29.3 Å². The molecule has 28 heavy (non-hydrogen) atoms. The van der Waals surface area contributed by atoms with Gasteiger partial charge < -0.3 is 10.2 Å². The smallest absolute Gasteiger partial charge is 0.255 e. The number of aromatic nitrogens is 3. The molecule has 0 saturated carbocycles. The van der Waals surface area contributed by atoms with Crippen LogP contribution in [0.4, 0.5) is 5.69 Å². The summed E-state index contributed by atoms with van der Waals surface area (Å²) in [5.74, 6) is -0.736. The Kier molecular flexibility index (Phi) is 5.86. The lowest BCUT2D eigenvalue weighted by Gasteiger charge is -2.17. The Morgan fingerprint density at radius 2 is 1.89 bits per heavy atom. The Bertz CT molecular complexity index is 1030. The van der Waals surface area contributed by atoms with Crippen molar-refractivity contribution in [1.82, 2.24) is 19.7 Å². The molecule has 146 valence electrons. The monoisotopic (exact) mass is 419 g/mol. The van der Waals surface area contributed by atoms with Crippen molar-refractivity contribution in [2.24, 2.45) is 0 Å². The fraction of sp³-hybridized carbons (Fsp3) is 0.263. The summed E-state index contributed by atoms with van der Waals surface area (Å²) in [6.07, 6.45) is 3.16. The van der Waals surface area contributed by atoms with Gasteiger partial charge in [0.2, 0.25) is 5.91 Å². The van der Waals surface area contributed by atoms with Crippen molar-refractivity contribution >= 4 is 51.7 Å². The van der Waals surface area contributed by atoms with Crippen molar-refractivity contribution in [2.75, 3.05) is 18.9 Å². The number of anilines is 1. The number of likely N-dealkylation sites (N-methyl/N-ethyl adjacent to an activating group) is 1. The minimum Gasteiger partial charge on any atom is -0.332 e. The lowest BCUT2D eigenvalue weighted by Crippen LogP contribution is -2.35. The van der Waals surface area contributed by atoms with Gasteiger partial charge in [-0.15, -0.1) is 0 Å². The van der Waals surface area contributed by atoms with Crippen LogP contribution >= 0.6 is 23.2 Å². The van der Waals surface area contributed by atoms with E-state index in [9.17, 15) is 9.59 Å². The van der Waals surface area contributed by atoms with Crippen LogP contribution in [0.3, 0.4) is 0 Å². The van der Waals surface area contributed by atoms with Crippen LogP contribution in [0.15, 0.2) is 36.7 Å². The summed E-state index contributed by atoms with van der Waals surface area (Å²) in [5, 5.41) is 8.34. The second-order valence-electron chi connectivity index (χ2n) is 6.63. The molecule has 0 aliphatic carbocycles. The van der Waals surface area contributed by atoms with E-state index in [-0.39, 0.29) is 18.5 Å². The summed E-state index contributed by atoms with van der Waals surface area (Å²) < 4.78 is 1.79. The second-order valence-corrected chi connectivity index (χ2v) is 7.44. The Balaban J connectivity index is 1.72. The van der Waals surface area contributed by atoms with Crippen LogP contribution in [0.25, 0.3) is 11.0 Å². The van der Waals surface area contributed by atoms with Gasteiger partial charge in [0.15, 0.2) is 5.65 Å². The fourth-order valence-electron chi connectivity index (χ4n) is 2.74. The number of fused-ring (bicyclic) bond motifs is 1. The van der Waals surface area contributed by atoms with E-state index in [1.165, 1.54) is 18.1 Å². The zero-order valence-corrected chi connectivity index (χ0v) is 17.1. The Morgan fingerprint density at radius 1 is 1.21 bits per heavy atom. The third-order valence-corrected chi connectivity index (χ3v) is 4.75. The first-order valence-corrected chi connectivity index (χ1v) is 9.36. The minimum absolute atomic E-state index is 0.162. The molecule has 0 aliphatic rings. The first-order valence-electron chi connectivity index (χ1n) is 8.60. The van der Waals surface area contributed by atoms with E-state index in [4.69, 9.17) is 23.2 Å². The third kappa shape index (κ3) is 4.10. The van der Waals surface area contributed by atoms with Crippen LogP contribution in [0, 0.1) is 0 Å². The van der Waals surface area contributed by atoms with Crippen LogP contribution in [-0.2, 0) is 4.79 Å². The number of hydrogen-bond donors (Lipinski definition) is 1. The van der Waals surface area contributed by atoms with Gasteiger partial charge in [0.25, 0.3) is 5.91 Å². The van der Waals surface area contributed by atoms with Crippen LogP contribution < -0.4 is 5.32 Å². The van der Waals surface area contributed by atoms with Crippen molar-refractivity contribution in [3.8, 4) is 0 Å². The molecule has 0 saturated heterocycles. The number of amides is 2. The Morgan fingerprint density at radius 3 is 2.54 bits per heavy atom. The van der Waals surface area contributed by atoms with Crippen LogP contribution in [0.5, 0.6) is 0 Å². The SMILES string of the molecule is CC(C)n1ncc2cc(C(=O)N(C)CC(=O)Nc3c(Cl)cccc3Cl)cnc21. The molecule has 9 heteroatoms. The number of nitrogens with one attached hydrogen (secondary N) is 1. The fourth-order valence-corrected chi connectivity index (χ4v) is 3.23. The first-order chi connectivity index (χ1) is 13.3. The quantitative estimate of drug-likeness (QED) is 0.676. The summed E-state index contributed by atoms with van der Waals surface area (Å²) in [5.41, 5.74) is 1.41. The molecular weight excluding hydrogens is 401 g/mol. The molecule has 3 rings (SSSR count). The number of carbonyl (C=O) groups is 2. The van der Waals surface area contributed by atoms with E-state index < -0.39 is 5.91 Å². The molecule has 0 atom stereocenters. The summed E-state index contributed by atoms with van der Waals surface area (Å²) in [7, 11) is 1.54. The first kappa shape index (κ1) is 20.1. The number of rotatable bonds is 5. The second kappa shape index (κ2) is 8.16. The van der Waals surface area contributed by atoms with Crippen molar-refractivity contribution < 1.29 is 9.59 Å². The van der Waals surface area contributed by atoms with Crippen LogP contribution in [0.1, 0.15) is 30.2 Å². The predicted octanol–water partition coefficient (Wildman–Crippen LogP) is 4.03. The van der Waals surface area contributed by atoms with E-state index >= 15 is 0 Å². The van der Waals surface area contributed by atoms with Gasteiger partial charge in [-0.2, -0.15) is 5.10 Å². The zero-order chi connectivity index (χ0) is 20.4. The number of para-hydroxylation sites is 1. The van der Waals surface area contributed by atoms with Gasteiger partial charge in [-0.25, -0.2) is 9.67 Å². The van der Waals surface area contributed by atoms with Gasteiger partial charge in [0.1, 0.15) is 0 Å². The molecule has 2 aromatic heterocycles. The summed E-state index contributed by atoms with van der Waals surface area (Å²) in [4.78, 5) is 30.6. The zero-order valence-electron chi connectivity index (χ0n) is 15.6. The molecule has 1 aromatic carbocycles. The molecular formula is C19H19Cl2N5O2. The van der Waals surface area contributed by atoms with Gasteiger partial charge in [0, 0.05) is 24.7 Å². The maximum atomic E-state index is 12.7. The number of pyridine rings is 1. The summed E-state index contributed by atoms with van der Waals surface area (Å²) >= 11 is 12.1. The van der Waals surface area contributed by atoms with E-state index in [2.05, 4.69) is 15.4 Å². The highest BCUT2D eigenvalue weighted by molar-refractivity contribution is 6.39. The highest BCUT2D eigenvalue weighted by Gasteiger charge is 2.18. The van der Waals surface area contributed by atoms with Gasteiger partial charge >= 0.3 is 0 Å². The van der Waals surface area contributed by atoms with Crippen molar-refractivity contribution in [2.45, 2.75) is 19.9 Å². The molecule has 0 bridgehead atoms. The lowest BCUT2D eigenvalue weighted by atomic mass is 10.2. The Hall–Kier alpha value is -2.64. The number of nitrogens with zero attached hydrogens (tertiary/aromatic N) is 4. The van der Waals surface area contributed by atoms with Gasteiger partial charge in [-0.05, 0) is 32.0 Å². The minimum atomic E-state index is -0.410. The standard InChI is InChI=1S/C19H19Cl2N5O2/c1-11(2)26-18-12(9-23-26)7-13(8-22-18)19(28)25(3)10-16(27)24-17-14(20)5-4-6-15(17)21/h4-9,11H,10H2,1-3H3,(H,24,27). The highest BCUT2D eigenvalue weighted by Crippen LogP contribution is 2.29. The molecule has 0 radical (unpaired) electrons. The van der Waals surface area contributed by atoms with Gasteiger partial charge in [0.05, 0.1) is 34.0 Å². The number of benzene rings is 1. The van der Waals surface area contributed by atoms with E-state index in [1.807, 2.05) is 13.8 Å². The largest absolute Gasteiger partial charge is 0.332 e. The number of hydrogen-bond acceptors (Lipinski definition) is 4. The van der Waals surface area contributed by atoms with Crippen molar-refractivity contribution in [1.29, 1.82) is 0 Å². The Labute approximate surface area is 172 Å². The molecule has 2 amide bonds. The lowest BCUT2D eigenvalue weighted by molar-refractivity contribution is -0.116. The van der Waals surface area contributed by atoms with Crippen molar-refractivity contribution in [3.05, 3.63) is 52.3 Å². The molecule has 1 N–H and O–H groups in total. The normalized spacial score (nSPS) is 11.1. The molecule has 2 heterocycles. The van der Waals surface area contributed by atoms with E-state index in [0.29, 0.717) is 26.9 Å². The van der Waals surface area contributed by atoms with Crippen molar-refractivity contribution in [3.63, 3.8) is 0 Å². The molecule has 3 aromatic rings. The number of halogens is 2. The third-order valence-electron chi connectivity index (χ3n) is 4.12. The van der Waals surface area contributed by atoms with Crippen LogP contribution in [-0.4, -0.2) is 45.1 Å². The number of carbonyl (C=O) groups excluding carboxylic acids is 2. The average Bonchev–Trinajstić information content (AvgIpc) is 3.07. The van der Waals surface area contributed by atoms with Gasteiger partial charge in [-0.3, -0.25) is 9.59 Å². The highest BCUT2D eigenvalue weighted by atomic mass is 35.5. The predicted molar refractivity (Wildman–Crippen MR) is 110 cm³/mol. The van der Waals surface area contributed by atoms with Crippen LogP contribution in [0.2, 0.25) is 10.0 Å². The maximum Gasteiger partial charge on any atom is 0.255 e. The maximum absolute atomic E-state index is 12.7. The summed E-state index contributed by atoms with van der Waals surface area (Å²) in [6, 6.07) is 6.80. The molecule has 7 nitrogen and oxygen atoms in total. The van der Waals surface area contributed by atoms with E-state index in [0.717, 1.165) is 5.39 Å². The molecule has 0 spiro atoms. The van der Waals surface area contributed by atoms with E-state index in [1.54, 1.807) is 35.1 Å². The molecule has 0 unspecified atom stereocenters. The average molecular weight is 420 g/mol.